The number of hydrogen-bond acceptors (Lipinski definition) is 6. The van der Waals surface area contributed by atoms with Gasteiger partial charge in [0.1, 0.15) is 11.5 Å². The molecule has 4 aliphatic rings. The first-order valence-corrected chi connectivity index (χ1v) is 13.6. The molecule has 1 saturated carbocycles. The Morgan fingerprint density at radius 3 is 2.35 bits per heavy atom. The Labute approximate surface area is 240 Å². The number of carbonyl (C=O) groups excluding carboxylic acids is 4. The highest BCUT2D eigenvalue weighted by Crippen LogP contribution is 2.66. The van der Waals surface area contributed by atoms with E-state index >= 15 is 0 Å². The summed E-state index contributed by atoms with van der Waals surface area (Å²) in [7, 11) is 2.77. The first-order valence-electron chi connectivity index (χ1n) is 12.9. The van der Waals surface area contributed by atoms with Crippen LogP contribution in [0.4, 0.5) is 5.69 Å². The Bertz CT molecular complexity index is 1540. The topological polar surface area (TPSA) is 104 Å². The third-order valence-corrected chi connectivity index (χ3v) is 10.4. The number of phenols is 1. The second-order valence-electron chi connectivity index (χ2n) is 10.7. The lowest BCUT2D eigenvalue weighted by molar-refractivity contribution is -0.138. The minimum atomic E-state index is -1.96. The molecule has 0 radical (unpaired) electrons. The van der Waals surface area contributed by atoms with E-state index in [2.05, 4.69) is 6.58 Å². The van der Waals surface area contributed by atoms with Crippen molar-refractivity contribution < 1.29 is 29.0 Å². The summed E-state index contributed by atoms with van der Waals surface area (Å²) in [5, 5.41) is 11.1. The maximum atomic E-state index is 14.0. The summed E-state index contributed by atoms with van der Waals surface area (Å²) in [5.74, 6) is -5.12. The van der Waals surface area contributed by atoms with Crippen LogP contribution in [0.25, 0.3) is 6.08 Å². The molecular weight excluding hydrogens is 555 g/mol. The van der Waals surface area contributed by atoms with Gasteiger partial charge in [-0.25, -0.2) is 0 Å². The van der Waals surface area contributed by atoms with Gasteiger partial charge in [0.25, 0.3) is 11.8 Å². The first-order chi connectivity index (χ1) is 19.0. The zero-order valence-electron chi connectivity index (χ0n) is 21.8. The Morgan fingerprint density at radius 2 is 1.73 bits per heavy atom. The average Bonchev–Trinajstić information content (AvgIpc) is 3.28. The van der Waals surface area contributed by atoms with Gasteiger partial charge in [-0.2, -0.15) is 0 Å². The number of allylic oxidation sites excluding steroid dienone is 2. The molecule has 0 aromatic heterocycles. The van der Waals surface area contributed by atoms with Gasteiger partial charge in [-0.05, 0) is 42.5 Å². The van der Waals surface area contributed by atoms with Gasteiger partial charge in [-0.3, -0.25) is 29.0 Å². The summed E-state index contributed by atoms with van der Waals surface area (Å²) >= 11 is 14.3. The predicted molar refractivity (Wildman–Crippen MR) is 149 cm³/mol. The summed E-state index contributed by atoms with van der Waals surface area (Å²) in [4.78, 5) is 53.0. The number of halogens is 2. The maximum absolute atomic E-state index is 14.0. The smallest absolute Gasteiger partial charge is 0.253 e. The molecule has 2 aromatic carbocycles. The summed E-state index contributed by atoms with van der Waals surface area (Å²) in [6, 6.07) is 11.5. The summed E-state index contributed by atoms with van der Waals surface area (Å²) < 4.78 is 5.23. The van der Waals surface area contributed by atoms with Crippen molar-refractivity contribution in [3.05, 3.63) is 71.8 Å². The number of carbonyl (C=O) groups is 4. The highest BCUT2D eigenvalue weighted by molar-refractivity contribution is 6.53. The molecule has 0 bridgehead atoms. The average molecular weight is 581 g/mol. The number of hydrogen-bond donors (Lipinski definition) is 1. The van der Waals surface area contributed by atoms with E-state index in [-0.39, 0.29) is 30.1 Å². The maximum Gasteiger partial charge on any atom is 0.253 e. The standard InChI is InChI=1S/C30H26Cl2N2O6/c1-4-15-5-7-16(8-6-15)34-25(36)20-12-11-18-21(23(20)26(34)37)14-29(31)27(38)33(2)28(39)30(29,32)24(18)19-10-9-17(40-3)13-22(19)35/h4-11,13,20-21,23-24,35H,1,12,14H2,2-3H3/t20-,21+,23-,24+,29+,30-/m0/s1. The second-order valence-corrected chi connectivity index (χ2v) is 12.0. The highest BCUT2D eigenvalue weighted by Gasteiger charge is 2.76. The third-order valence-electron chi connectivity index (χ3n) is 8.95. The quantitative estimate of drug-likeness (QED) is 0.329. The third kappa shape index (κ3) is 3.26. The Kier molecular flexibility index (Phi) is 5.95. The van der Waals surface area contributed by atoms with Crippen molar-refractivity contribution >= 4 is 58.6 Å². The number of benzene rings is 2. The summed E-state index contributed by atoms with van der Waals surface area (Å²) in [6.45, 7) is 3.74. The number of anilines is 1. The molecule has 1 N–H and O–H groups in total. The molecule has 0 spiro atoms. The van der Waals surface area contributed by atoms with Gasteiger partial charge in [0.05, 0.1) is 24.6 Å². The molecule has 2 aliphatic heterocycles. The number of ether oxygens (including phenoxy) is 1. The summed E-state index contributed by atoms with van der Waals surface area (Å²) in [6.07, 6.45) is 3.61. The van der Waals surface area contributed by atoms with Crippen LogP contribution in [0.3, 0.4) is 0 Å². The number of rotatable bonds is 4. The van der Waals surface area contributed by atoms with E-state index in [1.807, 2.05) is 6.08 Å². The number of nitrogens with zero attached hydrogens (tertiary/aromatic N) is 2. The zero-order valence-corrected chi connectivity index (χ0v) is 23.3. The molecule has 206 valence electrons. The number of alkyl halides is 2. The van der Waals surface area contributed by atoms with Crippen molar-refractivity contribution in [2.45, 2.75) is 28.5 Å². The molecule has 2 aromatic rings. The van der Waals surface area contributed by atoms with Gasteiger partial charge in [-0.1, -0.05) is 42.5 Å². The normalized spacial score (nSPS) is 33.0. The van der Waals surface area contributed by atoms with Crippen LogP contribution in [-0.4, -0.2) is 57.5 Å². The van der Waals surface area contributed by atoms with Crippen molar-refractivity contribution in [2.75, 3.05) is 19.1 Å². The largest absolute Gasteiger partial charge is 0.508 e. The van der Waals surface area contributed by atoms with Crippen LogP contribution in [-0.2, 0) is 19.2 Å². The van der Waals surface area contributed by atoms with E-state index in [4.69, 9.17) is 27.9 Å². The molecule has 8 nitrogen and oxygen atoms in total. The molecule has 3 fully saturated rings. The lowest BCUT2D eigenvalue weighted by Crippen LogP contribution is -2.60. The van der Waals surface area contributed by atoms with E-state index in [9.17, 15) is 24.3 Å². The van der Waals surface area contributed by atoms with Gasteiger partial charge >= 0.3 is 0 Å². The molecule has 2 aliphatic carbocycles. The van der Waals surface area contributed by atoms with Crippen LogP contribution in [0.1, 0.15) is 29.9 Å². The van der Waals surface area contributed by atoms with Crippen LogP contribution < -0.4 is 9.64 Å². The Morgan fingerprint density at radius 1 is 1.02 bits per heavy atom. The fourth-order valence-corrected chi connectivity index (χ4v) is 8.01. The number of amides is 4. The number of likely N-dealkylation sites (tertiary alicyclic amines) is 1. The van der Waals surface area contributed by atoms with Crippen LogP contribution in [0.2, 0.25) is 0 Å². The predicted octanol–water partition coefficient (Wildman–Crippen LogP) is 4.24. The lowest BCUT2D eigenvalue weighted by Gasteiger charge is -2.50. The number of imide groups is 2. The van der Waals surface area contributed by atoms with Crippen molar-refractivity contribution in [3.63, 3.8) is 0 Å². The van der Waals surface area contributed by atoms with Crippen LogP contribution in [0.5, 0.6) is 11.5 Å². The molecule has 10 heteroatoms. The second kappa shape index (κ2) is 8.94. The minimum absolute atomic E-state index is 0.115. The van der Waals surface area contributed by atoms with E-state index in [0.717, 1.165) is 10.5 Å². The molecule has 4 amide bonds. The van der Waals surface area contributed by atoms with Crippen LogP contribution >= 0.6 is 23.2 Å². The first kappa shape index (κ1) is 26.6. The van der Waals surface area contributed by atoms with E-state index in [1.54, 1.807) is 42.5 Å². The van der Waals surface area contributed by atoms with Crippen molar-refractivity contribution in [3.8, 4) is 11.5 Å². The molecule has 6 atom stereocenters. The number of fused-ring (bicyclic) bond motifs is 4. The fraction of sp³-hybridized carbons (Fsp3) is 0.333. The summed E-state index contributed by atoms with van der Waals surface area (Å²) in [5.41, 5.74) is 2.17. The van der Waals surface area contributed by atoms with Gasteiger partial charge in [0.2, 0.25) is 11.8 Å². The SMILES string of the molecule is C=Cc1ccc(N2C(=O)[C@H]3[C@H](CC=C4[C@H]3C[C@@]3(Cl)C(=O)N(C)C(=O)[C@@]3(Cl)[C@H]4c3ccc(OC)cc3O)C2=O)cc1. The molecule has 2 saturated heterocycles. The molecule has 40 heavy (non-hydrogen) atoms. The van der Waals surface area contributed by atoms with E-state index < -0.39 is 51.1 Å². The zero-order chi connectivity index (χ0) is 28.7. The van der Waals surface area contributed by atoms with Crippen molar-refractivity contribution in [1.82, 2.24) is 4.90 Å². The lowest BCUT2D eigenvalue weighted by atomic mass is 9.56. The molecule has 6 rings (SSSR count). The van der Waals surface area contributed by atoms with E-state index in [1.165, 1.54) is 25.1 Å². The molecular formula is C30H26Cl2N2O6. The van der Waals surface area contributed by atoms with Crippen molar-refractivity contribution in [2.24, 2.45) is 17.8 Å². The van der Waals surface area contributed by atoms with E-state index in [0.29, 0.717) is 17.0 Å². The minimum Gasteiger partial charge on any atom is -0.508 e. The van der Waals surface area contributed by atoms with Gasteiger partial charge in [0, 0.05) is 24.6 Å². The highest BCUT2D eigenvalue weighted by atomic mass is 35.5. The Hall–Kier alpha value is -3.62. The Balaban J connectivity index is 1.50. The van der Waals surface area contributed by atoms with Gasteiger partial charge < -0.3 is 9.84 Å². The van der Waals surface area contributed by atoms with Gasteiger partial charge in [0.15, 0.2) is 9.75 Å². The van der Waals surface area contributed by atoms with Gasteiger partial charge in [-0.15, -0.1) is 23.2 Å². The monoisotopic (exact) mass is 580 g/mol. The number of phenolic OH excluding ortho intramolecular Hbond substituents is 1. The molecule has 0 unspecified atom stereocenters. The van der Waals surface area contributed by atoms with Crippen molar-refractivity contribution in [1.29, 1.82) is 0 Å². The number of aromatic hydroxyl groups is 1. The number of methoxy groups -OCH3 is 1. The van der Waals surface area contributed by atoms with Crippen LogP contribution in [0, 0.1) is 17.8 Å². The fourth-order valence-electron chi connectivity index (χ4n) is 7.00. The van der Waals surface area contributed by atoms with Crippen LogP contribution in [0.15, 0.2) is 60.7 Å². The molecule has 2 heterocycles.